The Kier molecular flexibility index (Phi) is 0.994. The summed E-state index contributed by atoms with van der Waals surface area (Å²) >= 11 is 0. The van der Waals surface area contributed by atoms with Crippen LogP contribution in [0.4, 0.5) is 8.78 Å². The van der Waals surface area contributed by atoms with Gasteiger partial charge in [-0.25, -0.2) is 8.78 Å². The molecule has 0 amide bonds. The van der Waals surface area contributed by atoms with Crippen molar-refractivity contribution in [3.63, 3.8) is 0 Å². The Bertz CT molecular complexity index is 169. The number of halogens is 2. The summed E-state index contributed by atoms with van der Waals surface area (Å²) in [6.45, 7) is 0. The van der Waals surface area contributed by atoms with E-state index in [4.69, 9.17) is 0 Å². The second-order valence-corrected chi connectivity index (χ2v) is 3.35. The summed E-state index contributed by atoms with van der Waals surface area (Å²) in [6, 6.07) is 0. The molecule has 2 aliphatic carbocycles. The van der Waals surface area contributed by atoms with Gasteiger partial charge in [-0.3, -0.25) is 0 Å². The molecular weight excluding hydrogens is 138 g/mol. The van der Waals surface area contributed by atoms with Crippen LogP contribution in [0.5, 0.6) is 0 Å². The average molecular weight is 148 g/mol. The smallest absolute Gasteiger partial charge is 0.282 e. The van der Waals surface area contributed by atoms with E-state index in [0.29, 0.717) is 12.8 Å². The molecule has 1 N–H and O–H groups in total. The van der Waals surface area contributed by atoms with Crippen LogP contribution in [0, 0.1) is 5.92 Å². The second-order valence-electron chi connectivity index (χ2n) is 3.35. The minimum Gasteiger partial charge on any atom is -0.383 e. The summed E-state index contributed by atoms with van der Waals surface area (Å²) in [5.41, 5.74) is -1.59. The SMILES string of the molecule is OC12CCCCC1C2(F)F. The number of aliphatic hydroxyl groups is 1. The summed E-state index contributed by atoms with van der Waals surface area (Å²) in [5, 5.41) is 9.23. The standard InChI is InChI=1S/C7H10F2O/c8-7(9)5-3-1-2-4-6(5,7)10/h5,10H,1-4H2. The Morgan fingerprint density at radius 3 is 2.40 bits per heavy atom. The third-order valence-electron chi connectivity index (χ3n) is 2.81. The van der Waals surface area contributed by atoms with E-state index in [2.05, 4.69) is 0 Å². The lowest BCUT2D eigenvalue weighted by Gasteiger charge is -2.12. The van der Waals surface area contributed by atoms with E-state index in [-0.39, 0.29) is 0 Å². The molecule has 0 spiro atoms. The van der Waals surface area contributed by atoms with Crippen LogP contribution in [0.15, 0.2) is 0 Å². The van der Waals surface area contributed by atoms with E-state index in [1.165, 1.54) is 0 Å². The molecule has 2 rings (SSSR count). The second kappa shape index (κ2) is 1.52. The highest BCUT2D eigenvalue weighted by Crippen LogP contribution is 2.65. The first-order valence-corrected chi connectivity index (χ1v) is 3.69. The molecule has 0 heterocycles. The van der Waals surface area contributed by atoms with E-state index >= 15 is 0 Å². The van der Waals surface area contributed by atoms with E-state index < -0.39 is 17.4 Å². The van der Waals surface area contributed by atoms with Gasteiger partial charge >= 0.3 is 0 Å². The van der Waals surface area contributed by atoms with Crippen LogP contribution in [-0.2, 0) is 0 Å². The average Bonchev–Trinajstić information content (AvgIpc) is 2.30. The predicted molar refractivity (Wildman–Crippen MR) is 31.9 cm³/mol. The van der Waals surface area contributed by atoms with Crippen molar-refractivity contribution in [3.05, 3.63) is 0 Å². The first-order chi connectivity index (χ1) is 4.59. The highest BCUT2D eigenvalue weighted by molar-refractivity contribution is 5.21. The molecule has 0 aromatic heterocycles. The molecule has 1 nitrogen and oxygen atoms in total. The number of fused-ring (bicyclic) bond motifs is 1. The third kappa shape index (κ3) is 0.506. The van der Waals surface area contributed by atoms with Crippen LogP contribution < -0.4 is 0 Å². The summed E-state index contributed by atoms with van der Waals surface area (Å²) in [4.78, 5) is 0. The van der Waals surface area contributed by atoms with Crippen molar-refractivity contribution in [2.24, 2.45) is 5.92 Å². The first kappa shape index (κ1) is 6.53. The molecule has 0 bridgehead atoms. The Hall–Kier alpha value is -0.180. The summed E-state index contributed by atoms with van der Waals surface area (Å²) in [6.07, 6.45) is 2.40. The van der Waals surface area contributed by atoms with Crippen molar-refractivity contribution < 1.29 is 13.9 Å². The molecule has 0 aliphatic heterocycles. The number of hydrogen-bond acceptors (Lipinski definition) is 1. The van der Waals surface area contributed by atoms with E-state index in [1.54, 1.807) is 0 Å². The minimum atomic E-state index is -2.76. The lowest BCUT2D eigenvalue weighted by atomic mass is 9.98. The highest BCUT2D eigenvalue weighted by Gasteiger charge is 2.80. The highest BCUT2D eigenvalue weighted by atomic mass is 19.3. The molecular formula is C7H10F2O. The van der Waals surface area contributed by atoms with Crippen molar-refractivity contribution >= 4 is 0 Å². The van der Waals surface area contributed by atoms with Crippen LogP contribution >= 0.6 is 0 Å². The van der Waals surface area contributed by atoms with Gasteiger partial charge in [0.1, 0.15) is 5.60 Å². The minimum absolute atomic E-state index is 0.296. The van der Waals surface area contributed by atoms with Crippen LogP contribution in [-0.4, -0.2) is 16.6 Å². The van der Waals surface area contributed by atoms with E-state index in [9.17, 15) is 13.9 Å². The molecule has 2 unspecified atom stereocenters. The van der Waals surface area contributed by atoms with E-state index in [0.717, 1.165) is 12.8 Å². The first-order valence-electron chi connectivity index (χ1n) is 3.69. The molecule has 10 heavy (non-hydrogen) atoms. The van der Waals surface area contributed by atoms with Crippen molar-refractivity contribution in [2.45, 2.75) is 37.2 Å². The summed E-state index contributed by atoms with van der Waals surface area (Å²) in [7, 11) is 0. The maximum absolute atomic E-state index is 12.6. The monoisotopic (exact) mass is 148 g/mol. The van der Waals surface area contributed by atoms with Crippen molar-refractivity contribution in [1.29, 1.82) is 0 Å². The largest absolute Gasteiger partial charge is 0.383 e. The molecule has 58 valence electrons. The van der Waals surface area contributed by atoms with Gasteiger partial charge in [-0.15, -0.1) is 0 Å². The fraction of sp³-hybridized carbons (Fsp3) is 1.00. The Labute approximate surface area is 58.0 Å². The maximum atomic E-state index is 12.6. The molecule has 2 atom stereocenters. The van der Waals surface area contributed by atoms with Gasteiger partial charge in [-0.05, 0) is 12.8 Å². The molecule has 2 saturated carbocycles. The van der Waals surface area contributed by atoms with Gasteiger partial charge in [0.15, 0.2) is 0 Å². The number of rotatable bonds is 0. The van der Waals surface area contributed by atoms with Crippen LogP contribution in [0.3, 0.4) is 0 Å². The molecule has 0 radical (unpaired) electrons. The molecule has 0 aromatic rings. The molecule has 2 fully saturated rings. The van der Waals surface area contributed by atoms with Gasteiger partial charge in [0, 0.05) is 0 Å². The normalized spacial score (nSPS) is 50.1. The van der Waals surface area contributed by atoms with Crippen molar-refractivity contribution in [2.75, 3.05) is 0 Å². The summed E-state index contributed by atoms with van der Waals surface area (Å²) in [5.74, 6) is -3.47. The predicted octanol–water partition coefficient (Wildman–Crippen LogP) is 1.56. The van der Waals surface area contributed by atoms with Gasteiger partial charge < -0.3 is 5.11 Å². The van der Waals surface area contributed by atoms with Gasteiger partial charge in [0.25, 0.3) is 5.92 Å². The molecule has 0 aromatic carbocycles. The lowest BCUT2D eigenvalue weighted by Crippen LogP contribution is -2.19. The van der Waals surface area contributed by atoms with Gasteiger partial charge in [0.2, 0.25) is 0 Å². The van der Waals surface area contributed by atoms with Crippen LogP contribution in [0.25, 0.3) is 0 Å². The number of hydrogen-bond donors (Lipinski definition) is 1. The molecule has 2 aliphatic rings. The topological polar surface area (TPSA) is 20.2 Å². The van der Waals surface area contributed by atoms with Gasteiger partial charge in [-0.2, -0.15) is 0 Å². The van der Waals surface area contributed by atoms with Crippen molar-refractivity contribution in [3.8, 4) is 0 Å². The van der Waals surface area contributed by atoms with Gasteiger partial charge in [-0.1, -0.05) is 12.8 Å². The van der Waals surface area contributed by atoms with E-state index in [1.807, 2.05) is 0 Å². The fourth-order valence-electron chi connectivity index (χ4n) is 2.02. The zero-order valence-electron chi connectivity index (χ0n) is 5.61. The zero-order valence-corrected chi connectivity index (χ0v) is 5.61. The summed E-state index contributed by atoms with van der Waals surface area (Å²) < 4.78 is 25.3. The molecule has 0 saturated heterocycles. The van der Waals surface area contributed by atoms with Crippen molar-refractivity contribution in [1.82, 2.24) is 0 Å². The maximum Gasteiger partial charge on any atom is 0.282 e. The Morgan fingerprint density at radius 2 is 2.00 bits per heavy atom. The fourth-order valence-corrected chi connectivity index (χ4v) is 2.02. The zero-order chi connectivity index (χ0) is 7.41. The third-order valence-corrected chi connectivity index (χ3v) is 2.81. The Morgan fingerprint density at radius 1 is 1.30 bits per heavy atom. The van der Waals surface area contributed by atoms with Crippen LogP contribution in [0.2, 0.25) is 0 Å². The van der Waals surface area contributed by atoms with Gasteiger partial charge in [0.05, 0.1) is 5.92 Å². The molecule has 3 heteroatoms. The Balaban J connectivity index is 2.20. The van der Waals surface area contributed by atoms with Crippen LogP contribution in [0.1, 0.15) is 25.7 Å². The number of alkyl halides is 2. The lowest BCUT2D eigenvalue weighted by molar-refractivity contribution is -0.00979. The quantitative estimate of drug-likeness (QED) is 0.552.